The molecule has 0 aliphatic carbocycles. The van der Waals surface area contributed by atoms with Crippen molar-refractivity contribution < 1.29 is 14.3 Å². The number of pyridine rings is 1. The highest BCUT2D eigenvalue weighted by Gasteiger charge is 2.18. The largest absolute Gasteiger partial charge is 0.492 e. The number of ketones is 1. The van der Waals surface area contributed by atoms with Crippen molar-refractivity contribution in [1.82, 2.24) is 10.3 Å². The maximum Gasteiger partial charge on any atom is 0.167 e. The summed E-state index contributed by atoms with van der Waals surface area (Å²) >= 11 is 0. The van der Waals surface area contributed by atoms with Crippen LogP contribution in [0.5, 0.6) is 5.75 Å². The maximum atomic E-state index is 12.1. The lowest BCUT2D eigenvalue weighted by atomic mass is 10.1. The summed E-state index contributed by atoms with van der Waals surface area (Å²) in [6, 6.07) is 1.73. The molecule has 1 N–H and O–H groups in total. The molecule has 1 atom stereocenters. The molecule has 1 aromatic rings. The third kappa shape index (κ3) is 3.51. The molecule has 1 unspecified atom stereocenters. The number of nitrogens with one attached hydrogen (secondary N) is 1. The van der Waals surface area contributed by atoms with Gasteiger partial charge in [-0.05, 0) is 13.0 Å². The number of carbonyl (C=O) groups excluding carboxylic acids is 1. The average Bonchev–Trinajstić information content (AvgIpc) is 2.40. The molecule has 98 valence electrons. The smallest absolute Gasteiger partial charge is 0.167 e. The number of carbonyl (C=O) groups is 1. The molecule has 0 saturated carbocycles. The summed E-state index contributed by atoms with van der Waals surface area (Å²) in [6.07, 6.45) is 3.52. The molecule has 1 aliphatic heterocycles. The van der Waals surface area contributed by atoms with Gasteiger partial charge in [-0.3, -0.25) is 9.78 Å². The number of hydrogen-bond donors (Lipinski definition) is 1. The van der Waals surface area contributed by atoms with Crippen LogP contribution < -0.4 is 10.1 Å². The molecule has 2 heterocycles. The molecule has 1 aliphatic rings. The molecule has 5 nitrogen and oxygen atoms in total. The van der Waals surface area contributed by atoms with E-state index in [1.54, 1.807) is 18.5 Å². The van der Waals surface area contributed by atoms with Crippen molar-refractivity contribution in [2.75, 3.05) is 26.3 Å². The number of hydrogen-bond acceptors (Lipinski definition) is 5. The third-order valence-corrected chi connectivity index (χ3v) is 2.76. The van der Waals surface area contributed by atoms with Crippen LogP contribution >= 0.6 is 0 Å². The normalized spacial score (nSPS) is 19.5. The SMILES string of the molecule is CCOc1cncc(C(=O)CC2CNCCO2)c1. The van der Waals surface area contributed by atoms with Gasteiger partial charge in [0.2, 0.25) is 0 Å². The van der Waals surface area contributed by atoms with Gasteiger partial charge in [0, 0.05) is 31.3 Å². The lowest BCUT2D eigenvalue weighted by Crippen LogP contribution is -2.39. The van der Waals surface area contributed by atoms with Gasteiger partial charge in [0.1, 0.15) is 5.75 Å². The first-order valence-corrected chi connectivity index (χ1v) is 6.23. The summed E-state index contributed by atoms with van der Waals surface area (Å²) in [5.74, 6) is 0.670. The van der Waals surface area contributed by atoms with Crippen LogP contribution in [-0.4, -0.2) is 43.2 Å². The van der Waals surface area contributed by atoms with Crippen molar-refractivity contribution in [2.45, 2.75) is 19.4 Å². The molecule has 1 fully saturated rings. The van der Waals surface area contributed by atoms with E-state index in [1.807, 2.05) is 6.92 Å². The number of Topliss-reactive ketones (excluding diaryl/α,β-unsaturated/α-hetero) is 1. The van der Waals surface area contributed by atoms with E-state index in [0.29, 0.717) is 30.9 Å². The molecule has 1 saturated heterocycles. The Morgan fingerprint density at radius 3 is 3.22 bits per heavy atom. The van der Waals surface area contributed by atoms with E-state index in [2.05, 4.69) is 10.3 Å². The zero-order valence-electron chi connectivity index (χ0n) is 10.5. The Morgan fingerprint density at radius 1 is 1.61 bits per heavy atom. The van der Waals surface area contributed by atoms with E-state index in [9.17, 15) is 4.79 Å². The molecular formula is C13H18N2O3. The number of morpholine rings is 1. The van der Waals surface area contributed by atoms with Gasteiger partial charge in [-0.15, -0.1) is 0 Å². The highest BCUT2D eigenvalue weighted by Crippen LogP contribution is 2.14. The van der Waals surface area contributed by atoms with Crippen molar-refractivity contribution in [2.24, 2.45) is 0 Å². The maximum absolute atomic E-state index is 12.1. The second-order valence-electron chi connectivity index (χ2n) is 4.17. The van der Waals surface area contributed by atoms with Crippen LogP contribution in [0.4, 0.5) is 0 Å². The van der Waals surface area contributed by atoms with Crippen molar-refractivity contribution >= 4 is 5.78 Å². The first kappa shape index (κ1) is 13.0. The molecule has 0 spiro atoms. The number of nitrogens with zero attached hydrogens (tertiary/aromatic N) is 1. The van der Waals surface area contributed by atoms with Crippen LogP contribution in [0.25, 0.3) is 0 Å². The van der Waals surface area contributed by atoms with Crippen molar-refractivity contribution in [3.05, 3.63) is 24.0 Å². The Bertz CT molecular complexity index is 403. The number of aromatic nitrogens is 1. The van der Waals surface area contributed by atoms with E-state index in [1.165, 1.54) is 0 Å². The second-order valence-corrected chi connectivity index (χ2v) is 4.17. The Balaban J connectivity index is 1.96. The molecule has 0 radical (unpaired) electrons. The zero-order chi connectivity index (χ0) is 12.8. The molecule has 18 heavy (non-hydrogen) atoms. The lowest BCUT2D eigenvalue weighted by molar-refractivity contribution is 0.0240. The minimum atomic E-state index is -0.0398. The van der Waals surface area contributed by atoms with Crippen LogP contribution in [0.15, 0.2) is 18.5 Å². The van der Waals surface area contributed by atoms with Crippen molar-refractivity contribution in [1.29, 1.82) is 0 Å². The van der Waals surface area contributed by atoms with E-state index in [0.717, 1.165) is 13.1 Å². The number of ether oxygens (including phenoxy) is 2. The fraction of sp³-hybridized carbons (Fsp3) is 0.538. The van der Waals surface area contributed by atoms with Gasteiger partial charge >= 0.3 is 0 Å². The lowest BCUT2D eigenvalue weighted by Gasteiger charge is -2.22. The molecule has 1 aromatic heterocycles. The van der Waals surface area contributed by atoms with Crippen molar-refractivity contribution in [3.8, 4) is 5.75 Å². The number of rotatable bonds is 5. The summed E-state index contributed by atoms with van der Waals surface area (Å²) in [6.45, 7) is 4.70. The summed E-state index contributed by atoms with van der Waals surface area (Å²) in [7, 11) is 0. The van der Waals surface area contributed by atoms with Crippen LogP contribution in [0.3, 0.4) is 0 Å². The summed E-state index contributed by atoms with van der Waals surface area (Å²) < 4.78 is 10.8. The van der Waals surface area contributed by atoms with Gasteiger partial charge in [0.15, 0.2) is 5.78 Å². The summed E-state index contributed by atoms with van der Waals surface area (Å²) in [5, 5.41) is 3.21. The Labute approximate surface area is 107 Å². The Hall–Kier alpha value is -1.46. The molecule has 0 aromatic carbocycles. The quantitative estimate of drug-likeness (QED) is 0.791. The minimum absolute atomic E-state index is 0.0396. The minimum Gasteiger partial charge on any atom is -0.492 e. The molecule has 2 rings (SSSR count). The van der Waals surface area contributed by atoms with Crippen LogP contribution in [0, 0.1) is 0 Å². The van der Waals surface area contributed by atoms with Gasteiger partial charge in [0.25, 0.3) is 0 Å². The van der Waals surface area contributed by atoms with Crippen LogP contribution in [-0.2, 0) is 4.74 Å². The first-order chi connectivity index (χ1) is 8.79. The fourth-order valence-corrected chi connectivity index (χ4v) is 1.89. The molecule has 0 bridgehead atoms. The summed E-state index contributed by atoms with van der Waals surface area (Å²) in [4.78, 5) is 16.1. The first-order valence-electron chi connectivity index (χ1n) is 6.23. The zero-order valence-corrected chi connectivity index (χ0v) is 10.5. The van der Waals surface area contributed by atoms with Gasteiger partial charge < -0.3 is 14.8 Å². The van der Waals surface area contributed by atoms with Gasteiger partial charge in [-0.2, -0.15) is 0 Å². The average molecular weight is 250 g/mol. The van der Waals surface area contributed by atoms with Gasteiger partial charge in [-0.25, -0.2) is 0 Å². The van der Waals surface area contributed by atoms with E-state index >= 15 is 0 Å². The Morgan fingerprint density at radius 2 is 2.50 bits per heavy atom. The van der Waals surface area contributed by atoms with Gasteiger partial charge in [-0.1, -0.05) is 0 Å². The molecule has 5 heteroatoms. The third-order valence-electron chi connectivity index (χ3n) is 2.76. The van der Waals surface area contributed by atoms with Crippen LogP contribution in [0.1, 0.15) is 23.7 Å². The predicted molar refractivity (Wildman–Crippen MR) is 67.0 cm³/mol. The molecule has 0 amide bonds. The second kappa shape index (κ2) is 6.47. The van der Waals surface area contributed by atoms with Crippen molar-refractivity contribution in [3.63, 3.8) is 0 Å². The highest BCUT2D eigenvalue weighted by atomic mass is 16.5. The van der Waals surface area contributed by atoms with E-state index in [-0.39, 0.29) is 11.9 Å². The standard InChI is InChI=1S/C13H18N2O3/c1-2-17-11-5-10(7-15-9-11)13(16)6-12-8-14-3-4-18-12/h5,7,9,12,14H,2-4,6,8H2,1H3. The van der Waals surface area contributed by atoms with Crippen LogP contribution in [0.2, 0.25) is 0 Å². The highest BCUT2D eigenvalue weighted by molar-refractivity contribution is 5.96. The molecular weight excluding hydrogens is 232 g/mol. The van der Waals surface area contributed by atoms with E-state index in [4.69, 9.17) is 9.47 Å². The Kier molecular flexibility index (Phi) is 4.66. The monoisotopic (exact) mass is 250 g/mol. The van der Waals surface area contributed by atoms with Gasteiger partial charge in [0.05, 0.1) is 25.5 Å². The topological polar surface area (TPSA) is 60.5 Å². The predicted octanol–water partition coefficient (Wildman–Crippen LogP) is 1.04. The fourth-order valence-electron chi connectivity index (χ4n) is 1.89. The summed E-state index contributed by atoms with van der Waals surface area (Å²) in [5.41, 5.74) is 0.579. The van der Waals surface area contributed by atoms with E-state index < -0.39 is 0 Å².